The molecule has 20 heavy (non-hydrogen) atoms. The fraction of sp³-hybridized carbons (Fsp3) is 0.438. The van der Waals surface area contributed by atoms with Crippen LogP contribution in [0.4, 0.5) is 10.5 Å². The molecule has 0 saturated heterocycles. The summed E-state index contributed by atoms with van der Waals surface area (Å²) in [5.74, 6) is 0. The summed E-state index contributed by atoms with van der Waals surface area (Å²) in [4.78, 5) is 11.9. The number of amides is 1. The molecule has 0 radical (unpaired) electrons. The largest absolute Gasteiger partial charge is 0.442 e. The second kappa shape index (κ2) is 5.88. The number of ether oxygens (including phenoxy) is 1. The van der Waals surface area contributed by atoms with E-state index in [-0.39, 0.29) is 11.5 Å². The summed E-state index contributed by atoms with van der Waals surface area (Å²) in [7, 11) is 0. The van der Waals surface area contributed by atoms with Crippen LogP contribution in [0.25, 0.3) is 0 Å². The van der Waals surface area contributed by atoms with E-state index in [9.17, 15) is 4.79 Å². The highest BCUT2D eigenvalue weighted by Crippen LogP contribution is 2.36. The lowest BCUT2D eigenvalue weighted by atomic mass is 9.76. The van der Waals surface area contributed by atoms with E-state index in [2.05, 4.69) is 26.1 Å². The summed E-state index contributed by atoms with van der Waals surface area (Å²) in [6, 6.07) is 6.95. The van der Waals surface area contributed by atoms with Gasteiger partial charge in [0.25, 0.3) is 0 Å². The normalized spacial score (nSPS) is 21.0. The quantitative estimate of drug-likeness (QED) is 0.777. The lowest BCUT2D eigenvalue weighted by Gasteiger charge is -2.33. The first-order chi connectivity index (χ1) is 9.34. The highest BCUT2D eigenvalue weighted by molar-refractivity contribution is 6.30. The zero-order valence-corrected chi connectivity index (χ0v) is 12.8. The number of anilines is 1. The van der Waals surface area contributed by atoms with Crippen LogP contribution in [0.15, 0.2) is 35.9 Å². The van der Waals surface area contributed by atoms with Gasteiger partial charge in [-0.3, -0.25) is 5.32 Å². The maximum absolute atomic E-state index is 11.9. The number of hydrogen-bond donors (Lipinski definition) is 1. The number of carbonyl (C=O) groups is 1. The Kier molecular flexibility index (Phi) is 4.39. The van der Waals surface area contributed by atoms with Gasteiger partial charge in [-0.1, -0.05) is 31.0 Å². The molecule has 1 aliphatic carbocycles. The van der Waals surface area contributed by atoms with Gasteiger partial charge in [0.1, 0.15) is 6.10 Å². The number of benzene rings is 1. The monoisotopic (exact) mass is 293 g/mol. The van der Waals surface area contributed by atoms with E-state index < -0.39 is 6.09 Å². The third kappa shape index (κ3) is 4.27. The van der Waals surface area contributed by atoms with Crippen molar-refractivity contribution in [1.29, 1.82) is 0 Å². The van der Waals surface area contributed by atoms with Crippen molar-refractivity contribution in [3.63, 3.8) is 0 Å². The van der Waals surface area contributed by atoms with Gasteiger partial charge in [0, 0.05) is 10.7 Å². The number of rotatable bonds is 2. The second-order valence-corrected chi connectivity index (χ2v) is 6.57. The zero-order chi connectivity index (χ0) is 14.8. The van der Waals surface area contributed by atoms with Crippen molar-refractivity contribution in [2.75, 3.05) is 5.32 Å². The molecule has 0 saturated carbocycles. The number of halogens is 1. The molecule has 3 nitrogen and oxygen atoms in total. The van der Waals surface area contributed by atoms with Gasteiger partial charge in [0.05, 0.1) is 0 Å². The van der Waals surface area contributed by atoms with Crippen LogP contribution < -0.4 is 5.32 Å². The van der Waals surface area contributed by atoms with E-state index in [4.69, 9.17) is 16.3 Å². The second-order valence-electron chi connectivity index (χ2n) is 6.13. The van der Waals surface area contributed by atoms with Crippen LogP contribution in [0.1, 0.15) is 33.6 Å². The molecule has 0 unspecified atom stereocenters. The fourth-order valence-corrected chi connectivity index (χ4v) is 2.83. The molecular weight excluding hydrogens is 274 g/mol. The van der Waals surface area contributed by atoms with Crippen molar-refractivity contribution in [3.8, 4) is 0 Å². The van der Waals surface area contributed by atoms with Gasteiger partial charge >= 0.3 is 6.09 Å². The molecule has 1 aliphatic rings. The van der Waals surface area contributed by atoms with Crippen LogP contribution in [0.5, 0.6) is 0 Å². The SMILES string of the molecule is CC1=C[C@H](OC(=O)Nc2ccc(Cl)cc2)CC(C)(C)C1. The molecule has 1 aromatic rings. The highest BCUT2D eigenvalue weighted by Gasteiger charge is 2.29. The minimum Gasteiger partial charge on any atom is -0.442 e. The average Bonchev–Trinajstić information content (AvgIpc) is 2.29. The van der Waals surface area contributed by atoms with E-state index >= 15 is 0 Å². The Morgan fingerprint density at radius 1 is 1.35 bits per heavy atom. The highest BCUT2D eigenvalue weighted by atomic mass is 35.5. The Morgan fingerprint density at radius 2 is 2.00 bits per heavy atom. The van der Waals surface area contributed by atoms with Gasteiger partial charge in [-0.25, -0.2) is 4.79 Å². The standard InChI is InChI=1S/C16H20ClNO2/c1-11-8-14(10-16(2,3)9-11)20-15(19)18-13-6-4-12(17)5-7-13/h4-8,14H,9-10H2,1-3H3,(H,18,19)/t14-/m0/s1. The Balaban J connectivity index is 1.94. The molecule has 0 fully saturated rings. The van der Waals surface area contributed by atoms with Gasteiger partial charge in [-0.15, -0.1) is 0 Å². The lowest BCUT2D eigenvalue weighted by molar-refractivity contribution is 0.0974. The Bertz CT molecular complexity index is 520. The van der Waals surface area contributed by atoms with Crippen molar-refractivity contribution in [3.05, 3.63) is 40.9 Å². The first kappa shape index (κ1) is 14.9. The van der Waals surface area contributed by atoms with Gasteiger partial charge in [-0.05, 0) is 55.5 Å². The summed E-state index contributed by atoms with van der Waals surface area (Å²) in [5, 5.41) is 3.35. The summed E-state index contributed by atoms with van der Waals surface area (Å²) >= 11 is 5.80. The van der Waals surface area contributed by atoms with Crippen molar-refractivity contribution >= 4 is 23.4 Å². The van der Waals surface area contributed by atoms with E-state index in [0.717, 1.165) is 12.8 Å². The number of allylic oxidation sites excluding steroid dienone is 1. The van der Waals surface area contributed by atoms with Crippen molar-refractivity contribution in [1.82, 2.24) is 0 Å². The lowest BCUT2D eigenvalue weighted by Crippen LogP contribution is -2.30. The molecule has 0 bridgehead atoms. The molecule has 4 heteroatoms. The summed E-state index contributed by atoms with van der Waals surface area (Å²) in [6.45, 7) is 6.46. The van der Waals surface area contributed by atoms with Crippen LogP contribution in [-0.4, -0.2) is 12.2 Å². The predicted octanol–water partition coefficient (Wildman–Crippen LogP) is 5.02. The molecule has 1 amide bonds. The van der Waals surface area contributed by atoms with Crippen LogP contribution >= 0.6 is 11.6 Å². The molecule has 0 spiro atoms. The minimum atomic E-state index is -0.431. The first-order valence-corrected chi connectivity index (χ1v) is 7.12. The van der Waals surface area contributed by atoms with E-state index in [0.29, 0.717) is 10.7 Å². The summed E-state index contributed by atoms with van der Waals surface area (Å²) in [6.07, 6.45) is 3.33. The zero-order valence-electron chi connectivity index (χ0n) is 12.1. The third-order valence-corrected chi connectivity index (χ3v) is 3.58. The molecule has 1 N–H and O–H groups in total. The van der Waals surface area contributed by atoms with E-state index in [1.165, 1.54) is 5.57 Å². The van der Waals surface area contributed by atoms with Crippen LogP contribution in [0.3, 0.4) is 0 Å². The Morgan fingerprint density at radius 3 is 2.60 bits per heavy atom. The number of carbonyl (C=O) groups excluding carboxylic acids is 1. The van der Waals surface area contributed by atoms with Crippen LogP contribution in [0, 0.1) is 5.41 Å². The summed E-state index contributed by atoms with van der Waals surface area (Å²) < 4.78 is 5.47. The predicted molar refractivity (Wildman–Crippen MR) is 82.1 cm³/mol. The minimum absolute atomic E-state index is 0.161. The molecule has 2 rings (SSSR count). The molecular formula is C16H20ClNO2. The Labute approximate surface area is 125 Å². The van der Waals surface area contributed by atoms with E-state index in [1.54, 1.807) is 24.3 Å². The molecule has 0 aromatic heterocycles. The fourth-order valence-electron chi connectivity index (χ4n) is 2.70. The van der Waals surface area contributed by atoms with Gasteiger partial charge in [-0.2, -0.15) is 0 Å². The van der Waals surface area contributed by atoms with Gasteiger partial charge in [0.15, 0.2) is 0 Å². The molecule has 1 aromatic carbocycles. The topological polar surface area (TPSA) is 38.3 Å². The maximum atomic E-state index is 11.9. The number of hydrogen-bond acceptors (Lipinski definition) is 2. The Hall–Kier alpha value is -1.48. The molecule has 0 aliphatic heterocycles. The van der Waals surface area contributed by atoms with Crippen molar-refractivity contribution in [2.24, 2.45) is 5.41 Å². The summed E-state index contributed by atoms with van der Waals surface area (Å²) in [5.41, 5.74) is 2.12. The van der Waals surface area contributed by atoms with Gasteiger partial charge < -0.3 is 4.74 Å². The molecule has 108 valence electrons. The van der Waals surface area contributed by atoms with Crippen LogP contribution in [0.2, 0.25) is 5.02 Å². The maximum Gasteiger partial charge on any atom is 0.412 e. The molecule has 0 heterocycles. The first-order valence-electron chi connectivity index (χ1n) is 6.75. The number of nitrogens with one attached hydrogen (secondary N) is 1. The smallest absolute Gasteiger partial charge is 0.412 e. The van der Waals surface area contributed by atoms with Gasteiger partial charge in [0.2, 0.25) is 0 Å². The molecule has 1 atom stereocenters. The third-order valence-electron chi connectivity index (χ3n) is 3.33. The van der Waals surface area contributed by atoms with E-state index in [1.807, 2.05) is 6.08 Å². The van der Waals surface area contributed by atoms with Crippen LogP contribution in [-0.2, 0) is 4.74 Å². The average molecular weight is 294 g/mol. The van der Waals surface area contributed by atoms with Crippen molar-refractivity contribution in [2.45, 2.75) is 39.7 Å². The van der Waals surface area contributed by atoms with Crippen molar-refractivity contribution < 1.29 is 9.53 Å².